The standard InChI is InChI=1S/C22H29N5O/c1-26-10-12-27(13-11-26)21-20(6-3-9-23-21)16-25-22(28)24-15-17-7-8-18-4-2-5-19(18)14-17/h3,6-9,14H,2,4-5,10-13,15-16H2,1H3,(H2,24,25,28). The van der Waals surface area contributed by atoms with Crippen molar-refractivity contribution >= 4 is 11.8 Å². The molecule has 2 aliphatic rings. The topological polar surface area (TPSA) is 60.5 Å². The van der Waals surface area contributed by atoms with Crippen LogP contribution in [-0.4, -0.2) is 49.1 Å². The van der Waals surface area contributed by atoms with Crippen LogP contribution in [0.15, 0.2) is 36.5 Å². The third-order valence-corrected chi connectivity index (χ3v) is 5.73. The summed E-state index contributed by atoms with van der Waals surface area (Å²) < 4.78 is 0. The Balaban J connectivity index is 1.30. The van der Waals surface area contributed by atoms with E-state index in [1.807, 2.05) is 18.3 Å². The zero-order valence-electron chi connectivity index (χ0n) is 16.6. The van der Waals surface area contributed by atoms with Crippen LogP contribution < -0.4 is 15.5 Å². The monoisotopic (exact) mass is 379 g/mol. The maximum Gasteiger partial charge on any atom is 0.315 e. The molecule has 4 rings (SSSR count). The van der Waals surface area contributed by atoms with Crippen molar-refractivity contribution in [2.45, 2.75) is 32.4 Å². The summed E-state index contributed by atoms with van der Waals surface area (Å²) in [7, 11) is 2.14. The van der Waals surface area contributed by atoms with Crippen molar-refractivity contribution in [2.75, 3.05) is 38.1 Å². The highest BCUT2D eigenvalue weighted by Gasteiger charge is 2.18. The Morgan fingerprint density at radius 3 is 2.68 bits per heavy atom. The van der Waals surface area contributed by atoms with Crippen LogP contribution in [0.4, 0.5) is 10.6 Å². The Kier molecular flexibility index (Phi) is 5.76. The number of nitrogens with zero attached hydrogens (tertiary/aromatic N) is 3. The summed E-state index contributed by atoms with van der Waals surface area (Å²) in [6, 6.07) is 10.4. The van der Waals surface area contributed by atoms with E-state index in [0.717, 1.165) is 49.5 Å². The lowest BCUT2D eigenvalue weighted by atomic mass is 10.1. The Morgan fingerprint density at radius 1 is 1.04 bits per heavy atom. The van der Waals surface area contributed by atoms with Gasteiger partial charge in [0, 0.05) is 51.0 Å². The number of amides is 2. The summed E-state index contributed by atoms with van der Waals surface area (Å²) in [6.45, 7) is 5.02. The highest BCUT2D eigenvalue weighted by atomic mass is 16.2. The highest BCUT2D eigenvalue weighted by molar-refractivity contribution is 5.74. The van der Waals surface area contributed by atoms with E-state index in [1.54, 1.807) is 0 Å². The predicted molar refractivity (Wildman–Crippen MR) is 111 cm³/mol. The first kappa shape index (κ1) is 18.7. The van der Waals surface area contributed by atoms with E-state index in [-0.39, 0.29) is 6.03 Å². The van der Waals surface area contributed by atoms with Gasteiger partial charge in [-0.15, -0.1) is 0 Å². The van der Waals surface area contributed by atoms with Crippen LogP contribution in [-0.2, 0) is 25.9 Å². The van der Waals surface area contributed by atoms with Crippen molar-refractivity contribution in [1.82, 2.24) is 20.5 Å². The minimum atomic E-state index is -0.145. The van der Waals surface area contributed by atoms with Gasteiger partial charge in [0.05, 0.1) is 0 Å². The van der Waals surface area contributed by atoms with Crippen LogP contribution in [0.25, 0.3) is 0 Å². The number of carbonyl (C=O) groups is 1. The Bertz CT molecular complexity index is 829. The molecule has 1 aromatic carbocycles. The number of urea groups is 1. The first-order valence-corrected chi connectivity index (χ1v) is 10.2. The maximum absolute atomic E-state index is 12.3. The van der Waals surface area contributed by atoms with Gasteiger partial charge in [-0.25, -0.2) is 9.78 Å². The molecule has 0 atom stereocenters. The second-order valence-electron chi connectivity index (χ2n) is 7.77. The van der Waals surface area contributed by atoms with Crippen molar-refractivity contribution in [3.63, 3.8) is 0 Å². The largest absolute Gasteiger partial charge is 0.354 e. The third kappa shape index (κ3) is 4.44. The fraction of sp³-hybridized carbons (Fsp3) is 0.455. The number of carbonyl (C=O) groups excluding carboxylic acids is 1. The Hall–Kier alpha value is -2.60. The third-order valence-electron chi connectivity index (χ3n) is 5.73. The van der Waals surface area contributed by atoms with Crippen molar-refractivity contribution in [2.24, 2.45) is 0 Å². The molecule has 148 valence electrons. The number of anilines is 1. The molecule has 0 saturated carbocycles. The van der Waals surface area contributed by atoms with Crippen LogP contribution >= 0.6 is 0 Å². The van der Waals surface area contributed by atoms with Gasteiger partial charge >= 0.3 is 6.03 Å². The molecule has 0 unspecified atom stereocenters. The fourth-order valence-electron chi connectivity index (χ4n) is 4.03. The van der Waals surface area contributed by atoms with Gasteiger partial charge in [-0.1, -0.05) is 24.3 Å². The summed E-state index contributed by atoms with van der Waals surface area (Å²) in [5.74, 6) is 0.981. The molecule has 2 aromatic rings. The average Bonchev–Trinajstić information content (AvgIpc) is 3.19. The molecule has 1 aliphatic heterocycles. The molecular formula is C22H29N5O. The van der Waals surface area contributed by atoms with E-state index in [9.17, 15) is 4.79 Å². The van der Waals surface area contributed by atoms with Crippen molar-refractivity contribution in [3.8, 4) is 0 Å². The van der Waals surface area contributed by atoms with Crippen molar-refractivity contribution in [1.29, 1.82) is 0 Å². The molecule has 28 heavy (non-hydrogen) atoms. The number of fused-ring (bicyclic) bond motifs is 1. The van der Waals surface area contributed by atoms with Gasteiger partial charge in [0.2, 0.25) is 0 Å². The molecule has 0 bridgehead atoms. The SMILES string of the molecule is CN1CCN(c2ncccc2CNC(=O)NCc2ccc3c(c2)CCC3)CC1. The molecule has 1 saturated heterocycles. The van der Waals surface area contributed by atoms with Crippen molar-refractivity contribution < 1.29 is 4.79 Å². The number of piperazine rings is 1. The molecular weight excluding hydrogens is 350 g/mol. The number of nitrogens with one attached hydrogen (secondary N) is 2. The highest BCUT2D eigenvalue weighted by Crippen LogP contribution is 2.22. The molecule has 1 aliphatic carbocycles. The summed E-state index contributed by atoms with van der Waals surface area (Å²) in [4.78, 5) is 21.5. The Morgan fingerprint density at radius 2 is 1.82 bits per heavy atom. The molecule has 6 nitrogen and oxygen atoms in total. The van der Waals surface area contributed by atoms with Gasteiger partial charge in [-0.2, -0.15) is 0 Å². The van der Waals surface area contributed by atoms with E-state index in [4.69, 9.17) is 0 Å². The molecule has 0 spiro atoms. The van der Waals surface area contributed by atoms with Crippen LogP contribution in [0, 0.1) is 0 Å². The smallest absolute Gasteiger partial charge is 0.315 e. The van der Waals surface area contributed by atoms with Crippen LogP contribution in [0.3, 0.4) is 0 Å². The number of benzene rings is 1. The second kappa shape index (κ2) is 8.61. The number of likely N-dealkylation sites (N-methyl/N-ethyl adjacent to an activating group) is 1. The first-order valence-electron chi connectivity index (χ1n) is 10.2. The quantitative estimate of drug-likeness (QED) is 0.837. The van der Waals surface area contributed by atoms with E-state index in [0.29, 0.717) is 13.1 Å². The number of pyridine rings is 1. The number of hydrogen-bond acceptors (Lipinski definition) is 4. The van der Waals surface area contributed by atoms with Gasteiger partial charge in [-0.3, -0.25) is 0 Å². The molecule has 2 N–H and O–H groups in total. The molecule has 6 heteroatoms. The van der Waals surface area contributed by atoms with E-state index in [1.165, 1.54) is 24.0 Å². The minimum Gasteiger partial charge on any atom is -0.354 e. The average molecular weight is 380 g/mol. The number of aryl methyl sites for hydroxylation is 2. The second-order valence-corrected chi connectivity index (χ2v) is 7.77. The molecule has 1 fully saturated rings. The number of hydrogen-bond donors (Lipinski definition) is 2. The van der Waals surface area contributed by atoms with Crippen molar-refractivity contribution in [3.05, 3.63) is 58.8 Å². The number of rotatable bonds is 5. The van der Waals surface area contributed by atoms with E-state index in [2.05, 4.69) is 50.7 Å². The first-order chi connectivity index (χ1) is 13.7. The maximum atomic E-state index is 12.3. The minimum absolute atomic E-state index is 0.145. The van der Waals surface area contributed by atoms with Gasteiger partial charge in [0.25, 0.3) is 0 Å². The zero-order valence-corrected chi connectivity index (χ0v) is 16.6. The predicted octanol–water partition coefficient (Wildman–Crippen LogP) is 2.32. The van der Waals surface area contributed by atoms with Crippen LogP contribution in [0.1, 0.15) is 28.7 Å². The lowest BCUT2D eigenvalue weighted by molar-refractivity contribution is 0.240. The van der Waals surface area contributed by atoms with Crippen LogP contribution in [0.5, 0.6) is 0 Å². The van der Waals surface area contributed by atoms with E-state index < -0.39 is 0 Å². The summed E-state index contributed by atoms with van der Waals surface area (Å²) in [5, 5.41) is 5.96. The van der Waals surface area contributed by atoms with Gasteiger partial charge in [0.1, 0.15) is 5.82 Å². The van der Waals surface area contributed by atoms with Gasteiger partial charge in [0.15, 0.2) is 0 Å². The molecule has 0 radical (unpaired) electrons. The molecule has 2 heterocycles. The van der Waals surface area contributed by atoms with Gasteiger partial charge in [-0.05, 0) is 49.1 Å². The normalized spacial score (nSPS) is 16.7. The molecule has 2 amide bonds. The summed E-state index contributed by atoms with van der Waals surface area (Å²) in [6.07, 6.45) is 5.41. The van der Waals surface area contributed by atoms with Gasteiger partial charge < -0.3 is 20.4 Å². The number of aromatic nitrogens is 1. The van der Waals surface area contributed by atoms with Crippen LogP contribution in [0.2, 0.25) is 0 Å². The lowest BCUT2D eigenvalue weighted by Gasteiger charge is -2.34. The molecule has 1 aromatic heterocycles. The Labute approximate surface area is 166 Å². The lowest BCUT2D eigenvalue weighted by Crippen LogP contribution is -2.45. The zero-order chi connectivity index (χ0) is 19.3. The summed E-state index contributed by atoms with van der Waals surface area (Å²) in [5.41, 5.74) is 5.11. The van der Waals surface area contributed by atoms with E-state index >= 15 is 0 Å². The fourth-order valence-corrected chi connectivity index (χ4v) is 4.03. The summed E-state index contributed by atoms with van der Waals surface area (Å²) >= 11 is 0.